The number of methoxy groups -OCH3 is 1. The van der Waals surface area contributed by atoms with Crippen LogP contribution in [-0.2, 0) is 15.8 Å². The number of fused-ring (bicyclic) bond motifs is 1. The SMILES string of the molecule is COc1ccc2c(c1)N(S(=O)(=O)Cc1c(F)cccc1F)CCC2=O. The molecule has 2 aromatic carbocycles. The fraction of sp³-hybridized carbons (Fsp3) is 0.235. The van der Waals surface area contributed by atoms with E-state index < -0.39 is 33.0 Å². The third-order valence-corrected chi connectivity index (χ3v) is 5.74. The van der Waals surface area contributed by atoms with E-state index in [1.807, 2.05) is 0 Å². The van der Waals surface area contributed by atoms with Crippen molar-refractivity contribution in [2.75, 3.05) is 18.0 Å². The van der Waals surface area contributed by atoms with Crippen LogP contribution in [0.15, 0.2) is 36.4 Å². The molecule has 0 radical (unpaired) electrons. The van der Waals surface area contributed by atoms with E-state index in [1.54, 1.807) is 6.07 Å². The number of benzene rings is 2. The Bertz CT molecular complexity index is 923. The number of carbonyl (C=O) groups excluding carboxylic acids is 1. The molecule has 0 amide bonds. The zero-order chi connectivity index (χ0) is 18.2. The molecular weight excluding hydrogens is 352 g/mol. The summed E-state index contributed by atoms with van der Waals surface area (Å²) < 4.78 is 59.3. The van der Waals surface area contributed by atoms with Gasteiger partial charge in [0.05, 0.1) is 12.8 Å². The standard InChI is InChI=1S/C17H15F2NO4S/c1-24-11-5-6-12-16(9-11)20(8-7-17(12)21)25(22,23)10-13-14(18)3-2-4-15(13)19/h2-6,9H,7-8,10H2,1H3. The predicted octanol–water partition coefficient (Wildman–Crippen LogP) is 2.90. The minimum atomic E-state index is -4.10. The van der Waals surface area contributed by atoms with Crippen LogP contribution in [0, 0.1) is 11.6 Å². The Labute approximate surface area is 143 Å². The highest BCUT2D eigenvalue weighted by molar-refractivity contribution is 7.92. The number of carbonyl (C=O) groups is 1. The van der Waals surface area contributed by atoms with Crippen molar-refractivity contribution in [3.63, 3.8) is 0 Å². The maximum absolute atomic E-state index is 13.8. The van der Waals surface area contributed by atoms with Crippen LogP contribution in [0.1, 0.15) is 22.3 Å². The molecule has 1 aliphatic heterocycles. The van der Waals surface area contributed by atoms with Gasteiger partial charge in [-0.2, -0.15) is 0 Å². The van der Waals surface area contributed by atoms with Gasteiger partial charge in [0.1, 0.15) is 23.1 Å². The fourth-order valence-corrected chi connectivity index (χ4v) is 4.37. The van der Waals surface area contributed by atoms with Crippen molar-refractivity contribution in [3.05, 3.63) is 59.2 Å². The summed E-state index contributed by atoms with van der Waals surface area (Å²) in [5.41, 5.74) is -0.124. The number of Topliss-reactive ketones (excluding diaryl/α,β-unsaturated/α-hetero) is 1. The van der Waals surface area contributed by atoms with Crippen LogP contribution in [0.5, 0.6) is 5.75 Å². The van der Waals surface area contributed by atoms with Gasteiger partial charge in [0.15, 0.2) is 5.78 Å². The van der Waals surface area contributed by atoms with Gasteiger partial charge in [-0.25, -0.2) is 17.2 Å². The van der Waals surface area contributed by atoms with Crippen LogP contribution >= 0.6 is 0 Å². The smallest absolute Gasteiger partial charge is 0.239 e. The number of nitrogens with zero attached hydrogens (tertiary/aromatic N) is 1. The predicted molar refractivity (Wildman–Crippen MR) is 88.3 cm³/mol. The van der Waals surface area contributed by atoms with Crippen LogP contribution in [0.3, 0.4) is 0 Å². The van der Waals surface area contributed by atoms with Crippen molar-refractivity contribution in [1.82, 2.24) is 0 Å². The largest absolute Gasteiger partial charge is 0.497 e. The van der Waals surface area contributed by atoms with Gasteiger partial charge < -0.3 is 4.74 Å². The molecule has 25 heavy (non-hydrogen) atoms. The number of rotatable bonds is 4. The third kappa shape index (κ3) is 3.21. The first-order valence-electron chi connectivity index (χ1n) is 7.48. The zero-order valence-corrected chi connectivity index (χ0v) is 14.1. The summed E-state index contributed by atoms with van der Waals surface area (Å²) in [6.07, 6.45) is -0.00167. The first-order valence-corrected chi connectivity index (χ1v) is 9.09. The number of hydrogen-bond donors (Lipinski definition) is 0. The monoisotopic (exact) mass is 367 g/mol. The lowest BCUT2D eigenvalue weighted by molar-refractivity contribution is 0.0982. The van der Waals surface area contributed by atoms with Gasteiger partial charge in [-0.1, -0.05) is 6.07 Å². The van der Waals surface area contributed by atoms with E-state index in [0.29, 0.717) is 5.75 Å². The molecule has 0 unspecified atom stereocenters. The maximum Gasteiger partial charge on any atom is 0.239 e. The van der Waals surface area contributed by atoms with Gasteiger partial charge in [0.25, 0.3) is 0 Å². The van der Waals surface area contributed by atoms with Crippen LogP contribution in [-0.4, -0.2) is 27.9 Å². The lowest BCUT2D eigenvalue weighted by Gasteiger charge is -2.30. The zero-order valence-electron chi connectivity index (χ0n) is 13.3. The first kappa shape index (κ1) is 17.3. The van der Waals surface area contributed by atoms with Gasteiger partial charge in [0, 0.05) is 30.2 Å². The molecule has 3 rings (SSSR count). The topological polar surface area (TPSA) is 63.7 Å². The second kappa shape index (κ2) is 6.44. The van der Waals surface area contributed by atoms with Gasteiger partial charge >= 0.3 is 0 Å². The molecule has 132 valence electrons. The van der Waals surface area contributed by atoms with Gasteiger partial charge in [-0.3, -0.25) is 9.10 Å². The fourth-order valence-electron chi connectivity index (χ4n) is 2.76. The number of sulfonamides is 1. The Balaban J connectivity index is 2.04. The van der Waals surface area contributed by atoms with Crippen LogP contribution in [0.25, 0.3) is 0 Å². The summed E-state index contributed by atoms with van der Waals surface area (Å²) in [6, 6.07) is 7.66. The molecule has 8 heteroatoms. The van der Waals surface area contributed by atoms with E-state index in [1.165, 1.54) is 25.3 Å². The van der Waals surface area contributed by atoms with E-state index in [4.69, 9.17) is 4.74 Å². The van der Waals surface area contributed by atoms with Crippen LogP contribution < -0.4 is 9.04 Å². The van der Waals surface area contributed by atoms with E-state index in [0.717, 1.165) is 16.4 Å². The summed E-state index contributed by atoms with van der Waals surface area (Å²) in [7, 11) is -2.68. The molecular formula is C17H15F2NO4S. The average Bonchev–Trinajstić information content (AvgIpc) is 2.58. The van der Waals surface area contributed by atoms with Crippen molar-refractivity contribution >= 4 is 21.5 Å². The first-order chi connectivity index (χ1) is 11.8. The average molecular weight is 367 g/mol. The van der Waals surface area contributed by atoms with Crippen LogP contribution in [0.2, 0.25) is 0 Å². The Morgan fingerprint density at radius 2 is 1.84 bits per heavy atom. The minimum Gasteiger partial charge on any atom is -0.497 e. The van der Waals surface area contributed by atoms with Crippen molar-refractivity contribution in [2.24, 2.45) is 0 Å². The Hall–Kier alpha value is -2.48. The highest BCUT2D eigenvalue weighted by Gasteiger charge is 2.32. The lowest BCUT2D eigenvalue weighted by Crippen LogP contribution is -2.38. The minimum absolute atomic E-state index is 0.00167. The number of ketones is 1. The molecule has 1 aliphatic rings. The number of ether oxygens (including phenoxy) is 1. The molecule has 5 nitrogen and oxygen atoms in total. The summed E-state index contributed by atoms with van der Waals surface area (Å²) in [5.74, 6) is -2.51. The molecule has 0 bridgehead atoms. The molecule has 1 heterocycles. The van der Waals surface area contributed by atoms with Crippen molar-refractivity contribution in [3.8, 4) is 5.75 Å². The summed E-state index contributed by atoms with van der Waals surface area (Å²) in [4.78, 5) is 12.0. The number of hydrogen-bond acceptors (Lipinski definition) is 4. The molecule has 0 fully saturated rings. The second-order valence-electron chi connectivity index (χ2n) is 5.58. The molecule has 2 aromatic rings. The highest BCUT2D eigenvalue weighted by Crippen LogP contribution is 2.34. The molecule has 0 spiro atoms. The molecule has 0 N–H and O–H groups in total. The van der Waals surface area contributed by atoms with E-state index >= 15 is 0 Å². The van der Waals surface area contributed by atoms with E-state index in [9.17, 15) is 22.0 Å². The molecule has 0 saturated carbocycles. The highest BCUT2D eigenvalue weighted by atomic mass is 32.2. The quantitative estimate of drug-likeness (QED) is 0.834. The third-order valence-electron chi connectivity index (χ3n) is 4.04. The van der Waals surface area contributed by atoms with Crippen molar-refractivity contribution in [1.29, 1.82) is 0 Å². The summed E-state index contributed by atoms with van der Waals surface area (Å²) >= 11 is 0. The van der Waals surface area contributed by atoms with E-state index in [-0.39, 0.29) is 30.0 Å². The second-order valence-corrected chi connectivity index (χ2v) is 7.48. The van der Waals surface area contributed by atoms with Gasteiger partial charge in [-0.15, -0.1) is 0 Å². The summed E-state index contributed by atoms with van der Waals surface area (Å²) in [5, 5.41) is 0. The van der Waals surface area contributed by atoms with Crippen LogP contribution in [0.4, 0.5) is 14.5 Å². The number of anilines is 1. The van der Waals surface area contributed by atoms with Gasteiger partial charge in [0.2, 0.25) is 10.0 Å². The molecule has 0 atom stereocenters. The van der Waals surface area contributed by atoms with Gasteiger partial charge in [-0.05, 0) is 24.3 Å². The lowest BCUT2D eigenvalue weighted by atomic mass is 10.0. The molecule has 0 aromatic heterocycles. The molecule has 0 saturated heterocycles. The van der Waals surface area contributed by atoms with Crippen molar-refractivity contribution in [2.45, 2.75) is 12.2 Å². The normalized spacial score (nSPS) is 14.4. The Morgan fingerprint density at radius 3 is 2.48 bits per heavy atom. The molecule has 0 aliphatic carbocycles. The Morgan fingerprint density at radius 1 is 1.16 bits per heavy atom. The van der Waals surface area contributed by atoms with E-state index in [2.05, 4.69) is 0 Å². The maximum atomic E-state index is 13.8. The summed E-state index contributed by atoms with van der Waals surface area (Å²) in [6.45, 7) is -0.0859. The number of halogens is 2. The Kier molecular flexibility index (Phi) is 4.47. The van der Waals surface area contributed by atoms with Crippen molar-refractivity contribution < 1.29 is 26.7 Å².